The highest BCUT2D eigenvalue weighted by molar-refractivity contribution is 5.28. The molecule has 0 aliphatic heterocycles. The minimum Gasteiger partial charge on any atom is -0.497 e. The summed E-state index contributed by atoms with van der Waals surface area (Å²) in [6.07, 6.45) is 6.49. The number of aliphatic hydroxyl groups is 1. The normalized spacial score (nSPS) is 26.3. The van der Waals surface area contributed by atoms with Crippen LogP contribution in [-0.2, 0) is 0 Å². The first-order valence-corrected chi connectivity index (χ1v) is 7.30. The molecule has 0 spiro atoms. The summed E-state index contributed by atoms with van der Waals surface area (Å²) < 4.78 is 5.15. The van der Waals surface area contributed by atoms with E-state index in [1.807, 2.05) is 24.3 Å². The minimum atomic E-state index is -0.459. The van der Waals surface area contributed by atoms with Crippen LogP contribution in [0.25, 0.3) is 0 Å². The molecule has 1 aliphatic carbocycles. The van der Waals surface area contributed by atoms with Crippen molar-refractivity contribution < 1.29 is 9.84 Å². The lowest BCUT2D eigenvalue weighted by atomic mass is 9.81. The van der Waals surface area contributed by atoms with E-state index < -0.39 is 6.10 Å². The fourth-order valence-corrected chi connectivity index (χ4v) is 2.98. The molecule has 106 valence electrons. The number of nitrogens with two attached hydrogens (primary N) is 1. The molecule has 1 saturated carbocycles. The van der Waals surface area contributed by atoms with Crippen molar-refractivity contribution in [1.29, 1.82) is 0 Å². The molecular formula is C16H25NO2. The first-order chi connectivity index (χ1) is 9.22. The van der Waals surface area contributed by atoms with E-state index in [-0.39, 0.29) is 12.0 Å². The van der Waals surface area contributed by atoms with E-state index in [0.717, 1.165) is 24.2 Å². The Morgan fingerprint density at radius 1 is 1.11 bits per heavy atom. The van der Waals surface area contributed by atoms with Crippen molar-refractivity contribution in [3.8, 4) is 5.75 Å². The summed E-state index contributed by atoms with van der Waals surface area (Å²) in [4.78, 5) is 0. The van der Waals surface area contributed by atoms with E-state index in [1.54, 1.807) is 7.11 Å². The summed E-state index contributed by atoms with van der Waals surface area (Å²) in [5, 5.41) is 10.6. The molecule has 0 heterocycles. The lowest BCUT2D eigenvalue weighted by molar-refractivity contribution is 0.0796. The topological polar surface area (TPSA) is 55.5 Å². The highest BCUT2D eigenvalue weighted by Crippen LogP contribution is 2.32. The number of hydrogen-bond donors (Lipinski definition) is 2. The summed E-state index contributed by atoms with van der Waals surface area (Å²) in [5.74, 6) is 0.992. The Labute approximate surface area is 115 Å². The van der Waals surface area contributed by atoms with Crippen molar-refractivity contribution in [2.45, 2.75) is 50.7 Å². The number of methoxy groups -OCH3 is 1. The van der Waals surface area contributed by atoms with E-state index in [4.69, 9.17) is 10.5 Å². The van der Waals surface area contributed by atoms with E-state index in [9.17, 15) is 5.11 Å². The van der Waals surface area contributed by atoms with Crippen LogP contribution >= 0.6 is 0 Å². The van der Waals surface area contributed by atoms with Gasteiger partial charge in [0.15, 0.2) is 0 Å². The molecule has 0 bridgehead atoms. The van der Waals surface area contributed by atoms with Crippen molar-refractivity contribution in [2.75, 3.05) is 7.11 Å². The molecule has 19 heavy (non-hydrogen) atoms. The third-order valence-electron chi connectivity index (χ3n) is 4.24. The molecule has 0 aromatic heterocycles. The zero-order chi connectivity index (χ0) is 13.7. The summed E-state index contributed by atoms with van der Waals surface area (Å²) in [7, 11) is 1.65. The monoisotopic (exact) mass is 263 g/mol. The van der Waals surface area contributed by atoms with E-state index in [0.29, 0.717) is 0 Å². The smallest absolute Gasteiger partial charge is 0.118 e. The van der Waals surface area contributed by atoms with Crippen molar-refractivity contribution >= 4 is 0 Å². The molecule has 3 unspecified atom stereocenters. The van der Waals surface area contributed by atoms with Gasteiger partial charge in [-0.15, -0.1) is 0 Å². The van der Waals surface area contributed by atoms with Crippen LogP contribution in [0, 0.1) is 5.92 Å². The van der Waals surface area contributed by atoms with Crippen molar-refractivity contribution in [3.05, 3.63) is 29.8 Å². The number of rotatable bonds is 3. The van der Waals surface area contributed by atoms with E-state index in [2.05, 4.69) is 0 Å². The summed E-state index contributed by atoms with van der Waals surface area (Å²) in [5.41, 5.74) is 7.20. The van der Waals surface area contributed by atoms with Crippen LogP contribution in [0.2, 0.25) is 0 Å². The SMILES string of the molecule is COc1ccc(C(O)C2CCCCCCC2N)cc1. The second-order valence-corrected chi connectivity index (χ2v) is 5.54. The Morgan fingerprint density at radius 3 is 2.37 bits per heavy atom. The average molecular weight is 263 g/mol. The molecule has 1 aromatic rings. The van der Waals surface area contributed by atoms with Gasteiger partial charge in [0, 0.05) is 12.0 Å². The van der Waals surface area contributed by atoms with Gasteiger partial charge in [0.05, 0.1) is 13.2 Å². The second-order valence-electron chi connectivity index (χ2n) is 5.54. The van der Waals surface area contributed by atoms with Gasteiger partial charge in [-0.25, -0.2) is 0 Å². The van der Waals surface area contributed by atoms with Crippen LogP contribution in [0.15, 0.2) is 24.3 Å². The highest BCUT2D eigenvalue weighted by atomic mass is 16.5. The predicted molar refractivity (Wildman–Crippen MR) is 77.1 cm³/mol. The first kappa shape index (κ1) is 14.4. The highest BCUT2D eigenvalue weighted by Gasteiger charge is 2.27. The van der Waals surface area contributed by atoms with Crippen LogP contribution < -0.4 is 10.5 Å². The zero-order valence-electron chi connectivity index (χ0n) is 11.7. The molecule has 1 aliphatic rings. The van der Waals surface area contributed by atoms with Crippen molar-refractivity contribution in [1.82, 2.24) is 0 Å². The lowest BCUT2D eigenvalue weighted by Gasteiger charge is -2.30. The van der Waals surface area contributed by atoms with Crippen LogP contribution in [0.1, 0.15) is 50.2 Å². The Bertz CT molecular complexity index is 377. The molecule has 0 amide bonds. The molecule has 3 nitrogen and oxygen atoms in total. The maximum absolute atomic E-state index is 10.6. The maximum Gasteiger partial charge on any atom is 0.118 e. The Hall–Kier alpha value is -1.06. The third-order valence-corrected chi connectivity index (χ3v) is 4.24. The van der Waals surface area contributed by atoms with E-state index in [1.165, 1.54) is 25.7 Å². The Balaban J connectivity index is 2.08. The largest absolute Gasteiger partial charge is 0.497 e. The van der Waals surface area contributed by atoms with Crippen LogP contribution in [0.4, 0.5) is 0 Å². The van der Waals surface area contributed by atoms with Gasteiger partial charge in [0.25, 0.3) is 0 Å². The van der Waals surface area contributed by atoms with Gasteiger partial charge >= 0.3 is 0 Å². The predicted octanol–water partition coefficient (Wildman–Crippen LogP) is 3.03. The maximum atomic E-state index is 10.6. The molecule has 1 aromatic carbocycles. The Kier molecular flexibility index (Phi) is 5.23. The van der Waals surface area contributed by atoms with E-state index >= 15 is 0 Å². The fourth-order valence-electron chi connectivity index (χ4n) is 2.98. The summed E-state index contributed by atoms with van der Waals surface area (Å²) in [6, 6.07) is 7.78. The molecule has 0 saturated heterocycles. The van der Waals surface area contributed by atoms with Gasteiger partial charge in [-0.1, -0.05) is 37.8 Å². The standard InChI is InChI=1S/C16H25NO2/c1-19-13-10-8-12(9-11-13)16(18)14-6-4-2-3-5-7-15(14)17/h8-11,14-16,18H,2-7,17H2,1H3. The molecule has 2 rings (SSSR count). The minimum absolute atomic E-state index is 0.109. The number of benzene rings is 1. The number of hydrogen-bond acceptors (Lipinski definition) is 3. The number of aliphatic hydroxyl groups excluding tert-OH is 1. The molecule has 0 radical (unpaired) electrons. The van der Waals surface area contributed by atoms with Gasteiger partial charge in [0.2, 0.25) is 0 Å². The van der Waals surface area contributed by atoms with Crippen molar-refractivity contribution in [2.24, 2.45) is 11.7 Å². The third kappa shape index (κ3) is 3.71. The van der Waals surface area contributed by atoms with Gasteiger partial charge in [-0.3, -0.25) is 0 Å². The van der Waals surface area contributed by atoms with Gasteiger partial charge in [0.1, 0.15) is 5.75 Å². The molecular weight excluding hydrogens is 238 g/mol. The lowest BCUT2D eigenvalue weighted by Crippen LogP contribution is -2.35. The Morgan fingerprint density at radius 2 is 1.74 bits per heavy atom. The second kappa shape index (κ2) is 6.92. The number of ether oxygens (including phenoxy) is 1. The average Bonchev–Trinajstić information content (AvgIpc) is 2.43. The van der Waals surface area contributed by atoms with Gasteiger partial charge in [-0.05, 0) is 30.5 Å². The molecule has 3 heteroatoms. The summed E-state index contributed by atoms with van der Waals surface area (Å²) >= 11 is 0. The van der Waals surface area contributed by atoms with Crippen LogP contribution in [0.3, 0.4) is 0 Å². The molecule has 3 atom stereocenters. The zero-order valence-corrected chi connectivity index (χ0v) is 11.7. The first-order valence-electron chi connectivity index (χ1n) is 7.30. The fraction of sp³-hybridized carbons (Fsp3) is 0.625. The van der Waals surface area contributed by atoms with Crippen LogP contribution in [0.5, 0.6) is 5.75 Å². The molecule has 3 N–H and O–H groups in total. The van der Waals surface area contributed by atoms with Gasteiger partial charge < -0.3 is 15.6 Å². The van der Waals surface area contributed by atoms with Gasteiger partial charge in [-0.2, -0.15) is 0 Å². The quantitative estimate of drug-likeness (QED) is 0.881. The molecule has 1 fully saturated rings. The summed E-state index contributed by atoms with van der Waals surface area (Å²) in [6.45, 7) is 0. The van der Waals surface area contributed by atoms with Crippen LogP contribution in [-0.4, -0.2) is 18.3 Å². The van der Waals surface area contributed by atoms with Crippen molar-refractivity contribution in [3.63, 3.8) is 0 Å².